The van der Waals surface area contributed by atoms with Crippen LogP contribution in [0.25, 0.3) is 10.9 Å². The van der Waals surface area contributed by atoms with Gasteiger partial charge in [-0.05, 0) is 43.2 Å². The first kappa shape index (κ1) is 21.7. The zero-order chi connectivity index (χ0) is 23.0. The van der Waals surface area contributed by atoms with Crippen molar-refractivity contribution in [1.82, 2.24) is 15.3 Å². The number of hydrogen-bond acceptors (Lipinski definition) is 6. The van der Waals surface area contributed by atoms with E-state index in [1.807, 2.05) is 25.1 Å². The van der Waals surface area contributed by atoms with Crippen molar-refractivity contribution in [2.24, 2.45) is 0 Å². The number of halogens is 3. The number of nitrogens with one attached hydrogen (secondary N) is 2. The van der Waals surface area contributed by atoms with Gasteiger partial charge in [-0.2, -0.15) is 18.2 Å². The Morgan fingerprint density at radius 3 is 2.72 bits per heavy atom. The number of amides is 1. The summed E-state index contributed by atoms with van der Waals surface area (Å²) in [7, 11) is 0. The van der Waals surface area contributed by atoms with Crippen molar-refractivity contribution in [2.75, 3.05) is 29.0 Å². The number of nitrogens with two attached hydrogens (primary N) is 1. The molecule has 1 aromatic heterocycles. The molecule has 0 aliphatic carbocycles. The third-order valence-electron chi connectivity index (χ3n) is 5.35. The summed E-state index contributed by atoms with van der Waals surface area (Å²) in [5, 5.41) is 6.67. The number of nitrogens with zero attached hydrogens (tertiary/aromatic N) is 3. The van der Waals surface area contributed by atoms with Crippen LogP contribution >= 0.6 is 0 Å². The van der Waals surface area contributed by atoms with Crippen LogP contribution in [0.1, 0.15) is 24.5 Å². The fourth-order valence-electron chi connectivity index (χ4n) is 3.99. The monoisotopic (exact) mass is 444 g/mol. The summed E-state index contributed by atoms with van der Waals surface area (Å²) >= 11 is 0. The molecule has 0 bridgehead atoms. The summed E-state index contributed by atoms with van der Waals surface area (Å²) in [4.78, 5) is 22.7. The summed E-state index contributed by atoms with van der Waals surface area (Å²) in [6.45, 7) is 4.70. The molecule has 1 amide bonds. The largest absolute Gasteiger partial charge is 0.416 e. The molecular weight excluding hydrogens is 421 g/mol. The van der Waals surface area contributed by atoms with Crippen LogP contribution in [0.3, 0.4) is 0 Å². The zero-order valence-corrected chi connectivity index (χ0v) is 17.6. The Balaban J connectivity index is 1.73. The minimum atomic E-state index is -4.52. The number of carbonyl (C=O) groups is 1. The number of anilines is 4. The van der Waals surface area contributed by atoms with E-state index in [2.05, 4.69) is 25.5 Å². The lowest BCUT2D eigenvalue weighted by Crippen LogP contribution is -2.35. The number of fused-ring (bicyclic) bond motifs is 1. The Bertz CT molecular complexity index is 1180. The van der Waals surface area contributed by atoms with Crippen LogP contribution in [-0.4, -0.2) is 35.0 Å². The molecule has 168 valence electrons. The lowest BCUT2D eigenvalue weighted by molar-refractivity contribution is -0.137. The Hall–Kier alpha value is -3.56. The van der Waals surface area contributed by atoms with Gasteiger partial charge < -0.3 is 21.3 Å². The van der Waals surface area contributed by atoms with Crippen molar-refractivity contribution in [2.45, 2.75) is 32.5 Å². The maximum atomic E-state index is 13.2. The number of benzene rings is 2. The van der Waals surface area contributed by atoms with Crippen molar-refractivity contribution < 1.29 is 18.0 Å². The van der Waals surface area contributed by atoms with E-state index in [1.54, 1.807) is 0 Å². The van der Waals surface area contributed by atoms with Gasteiger partial charge in [0.1, 0.15) is 5.82 Å². The topological polar surface area (TPSA) is 96.2 Å². The Morgan fingerprint density at radius 1 is 1.22 bits per heavy atom. The van der Waals surface area contributed by atoms with Crippen molar-refractivity contribution in [3.63, 3.8) is 0 Å². The minimum Gasteiger partial charge on any atom is -0.399 e. The van der Waals surface area contributed by atoms with E-state index >= 15 is 0 Å². The summed E-state index contributed by atoms with van der Waals surface area (Å²) in [5.74, 6) is 0.744. The van der Waals surface area contributed by atoms with E-state index in [-0.39, 0.29) is 29.3 Å². The number of alkyl halides is 3. The molecule has 4 N–H and O–H groups in total. The highest BCUT2D eigenvalue weighted by Crippen LogP contribution is 2.35. The van der Waals surface area contributed by atoms with Gasteiger partial charge in [-0.15, -0.1) is 0 Å². The first-order chi connectivity index (χ1) is 15.1. The number of rotatable bonds is 4. The molecule has 32 heavy (non-hydrogen) atoms. The van der Waals surface area contributed by atoms with Crippen LogP contribution < -0.4 is 21.3 Å². The smallest absolute Gasteiger partial charge is 0.399 e. The lowest BCUT2D eigenvalue weighted by Gasteiger charge is -2.21. The summed E-state index contributed by atoms with van der Waals surface area (Å²) < 4.78 is 39.6. The van der Waals surface area contributed by atoms with Gasteiger partial charge in [0, 0.05) is 42.8 Å². The van der Waals surface area contributed by atoms with Crippen LogP contribution in [-0.2, 0) is 11.0 Å². The van der Waals surface area contributed by atoms with E-state index < -0.39 is 11.7 Å². The first-order valence-electron chi connectivity index (χ1n) is 10.1. The third-order valence-corrected chi connectivity index (χ3v) is 5.35. The van der Waals surface area contributed by atoms with Crippen LogP contribution in [0.5, 0.6) is 0 Å². The minimum absolute atomic E-state index is 0.00112. The SMILES string of the molecule is CC(=O)NC1CCN(c2nc(Nc3cc(N)cc(C(F)(F)F)c3)nc3cccc(C)c23)C1. The molecule has 2 heterocycles. The zero-order valence-electron chi connectivity index (χ0n) is 17.6. The van der Waals surface area contributed by atoms with Crippen LogP contribution in [0, 0.1) is 6.92 Å². The predicted octanol–water partition coefficient (Wildman–Crippen LogP) is 4.00. The van der Waals surface area contributed by atoms with Gasteiger partial charge in [0.2, 0.25) is 11.9 Å². The molecule has 1 saturated heterocycles. The molecule has 0 saturated carbocycles. The molecule has 0 spiro atoms. The first-order valence-corrected chi connectivity index (χ1v) is 10.1. The molecule has 3 aromatic rings. The van der Waals surface area contributed by atoms with Gasteiger partial charge in [-0.3, -0.25) is 4.79 Å². The van der Waals surface area contributed by atoms with Crippen LogP contribution in [0.15, 0.2) is 36.4 Å². The Kier molecular flexibility index (Phi) is 5.53. The van der Waals surface area contributed by atoms with Gasteiger partial charge >= 0.3 is 6.18 Å². The average molecular weight is 444 g/mol. The maximum absolute atomic E-state index is 13.2. The lowest BCUT2D eigenvalue weighted by atomic mass is 10.1. The van der Waals surface area contributed by atoms with Crippen molar-refractivity contribution >= 4 is 40.0 Å². The normalized spacial score (nSPS) is 16.4. The third kappa shape index (κ3) is 4.53. The Labute approximate surface area is 182 Å². The number of hydrogen-bond donors (Lipinski definition) is 3. The summed E-state index contributed by atoms with van der Waals surface area (Å²) in [6, 6.07) is 8.92. The molecule has 4 rings (SSSR count). The average Bonchev–Trinajstić information content (AvgIpc) is 3.14. The number of aryl methyl sites for hydroxylation is 1. The fraction of sp³-hybridized carbons (Fsp3) is 0.318. The highest BCUT2D eigenvalue weighted by atomic mass is 19.4. The van der Waals surface area contributed by atoms with Crippen molar-refractivity contribution in [3.8, 4) is 0 Å². The van der Waals surface area contributed by atoms with Crippen molar-refractivity contribution in [1.29, 1.82) is 0 Å². The molecular formula is C22H23F3N6O. The van der Waals surface area contributed by atoms with Gasteiger partial charge in [0.05, 0.1) is 11.1 Å². The van der Waals surface area contributed by atoms with E-state index in [4.69, 9.17) is 5.73 Å². The molecule has 0 radical (unpaired) electrons. The molecule has 2 aromatic carbocycles. The van der Waals surface area contributed by atoms with Gasteiger partial charge in [-0.25, -0.2) is 4.98 Å². The molecule has 1 atom stereocenters. The second-order valence-corrected chi connectivity index (χ2v) is 7.94. The molecule has 1 unspecified atom stereocenters. The van der Waals surface area contributed by atoms with E-state index in [1.165, 1.54) is 13.0 Å². The van der Waals surface area contributed by atoms with Gasteiger partial charge in [-0.1, -0.05) is 12.1 Å². The van der Waals surface area contributed by atoms with Gasteiger partial charge in [0.25, 0.3) is 0 Å². The number of nitrogen functional groups attached to an aromatic ring is 1. The van der Waals surface area contributed by atoms with E-state index in [9.17, 15) is 18.0 Å². The van der Waals surface area contributed by atoms with Crippen LogP contribution in [0.2, 0.25) is 0 Å². The molecule has 1 aliphatic rings. The quantitative estimate of drug-likeness (QED) is 0.527. The Morgan fingerprint density at radius 2 is 2.00 bits per heavy atom. The molecule has 7 nitrogen and oxygen atoms in total. The van der Waals surface area contributed by atoms with Crippen molar-refractivity contribution in [3.05, 3.63) is 47.5 Å². The van der Waals surface area contributed by atoms with E-state index in [0.717, 1.165) is 29.5 Å². The maximum Gasteiger partial charge on any atom is 0.416 e. The molecule has 1 fully saturated rings. The second-order valence-electron chi connectivity index (χ2n) is 7.94. The van der Waals surface area contributed by atoms with Gasteiger partial charge in [0.15, 0.2) is 0 Å². The summed E-state index contributed by atoms with van der Waals surface area (Å²) in [5.41, 5.74) is 6.61. The standard InChI is InChI=1S/C22H23F3N6O/c1-12-4-3-5-18-19(12)20(31-7-6-16(11-31)27-13(2)32)30-21(29-18)28-17-9-14(22(23,24)25)8-15(26)10-17/h3-5,8-10,16H,6-7,11,26H2,1-2H3,(H,27,32)(H,28,29,30). The number of carbonyl (C=O) groups excluding carboxylic acids is 1. The van der Waals surface area contributed by atoms with E-state index in [0.29, 0.717) is 24.4 Å². The summed E-state index contributed by atoms with van der Waals surface area (Å²) in [6.07, 6.45) is -3.75. The highest BCUT2D eigenvalue weighted by molar-refractivity contribution is 5.93. The number of aromatic nitrogens is 2. The molecule has 10 heteroatoms. The predicted molar refractivity (Wildman–Crippen MR) is 118 cm³/mol. The van der Waals surface area contributed by atoms with Crippen LogP contribution in [0.4, 0.5) is 36.3 Å². The molecule has 1 aliphatic heterocycles. The second kappa shape index (κ2) is 8.18. The fourth-order valence-corrected chi connectivity index (χ4v) is 3.99. The highest BCUT2D eigenvalue weighted by Gasteiger charge is 2.31.